The van der Waals surface area contributed by atoms with Gasteiger partial charge in [0.25, 0.3) is 5.91 Å². The number of anilines is 1. The van der Waals surface area contributed by atoms with Gasteiger partial charge in [-0.1, -0.05) is 12.1 Å². The van der Waals surface area contributed by atoms with Gasteiger partial charge in [-0.3, -0.25) is 14.6 Å². The van der Waals surface area contributed by atoms with Crippen LogP contribution in [0.15, 0.2) is 54.7 Å². The van der Waals surface area contributed by atoms with Gasteiger partial charge in [-0.2, -0.15) is 5.26 Å². The lowest BCUT2D eigenvalue weighted by Crippen LogP contribution is -2.35. The summed E-state index contributed by atoms with van der Waals surface area (Å²) in [6, 6.07) is 18.1. The lowest BCUT2D eigenvalue weighted by Gasteiger charge is -2.36. The fourth-order valence-corrected chi connectivity index (χ4v) is 6.20. The molecule has 5 rings (SSSR count). The molecule has 46 heavy (non-hydrogen) atoms. The number of hydrogen-bond acceptors (Lipinski definition) is 7. The summed E-state index contributed by atoms with van der Waals surface area (Å²) in [5, 5.41) is 11.0. The van der Waals surface area contributed by atoms with Crippen molar-refractivity contribution in [2.45, 2.75) is 58.1 Å². The number of ether oxygens (including phenoxy) is 1. The summed E-state index contributed by atoms with van der Waals surface area (Å²) in [4.78, 5) is 39.6. The van der Waals surface area contributed by atoms with Gasteiger partial charge in [0.05, 0.1) is 0 Å². The molecule has 2 amide bonds. The second-order valence-corrected chi connectivity index (χ2v) is 13.2. The third kappa shape index (κ3) is 6.60. The van der Waals surface area contributed by atoms with Crippen molar-refractivity contribution in [2.24, 2.45) is 7.05 Å². The zero-order valence-electron chi connectivity index (χ0n) is 28.0. The third-order valence-electron chi connectivity index (χ3n) is 8.79. The topological polar surface area (TPSA) is 108 Å². The Kier molecular flexibility index (Phi) is 9.17. The summed E-state index contributed by atoms with van der Waals surface area (Å²) in [5.41, 5.74) is 5.10. The molecule has 3 aromatic heterocycles. The standard InChI is InChI=1S/C36H43N7O3/c1-23(43-19-16-25(17-20-43)24-9-11-26(12-10-24)34(44)40(5)6)31-21-29-27(15-18-38-33(29)41(31)7)28-13-14-32(39-30(28)22-37)42(8)35(45)46-36(2,3)4/h9-15,18,21,23,25H,16-17,19-20H2,1-8H3. The number of nitrogens with zero attached hydrogens (tertiary/aromatic N) is 7. The minimum absolute atomic E-state index is 0.0192. The molecular weight excluding hydrogens is 578 g/mol. The minimum atomic E-state index is -0.648. The number of aryl methyl sites for hydroxylation is 1. The van der Waals surface area contributed by atoms with Crippen LogP contribution < -0.4 is 4.90 Å². The third-order valence-corrected chi connectivity index (χ3v) is 8.79. The van der Waals surface area contributed by atoms with E-state index >= 15 is 0 Å². The van der Waals surface area contributed by atoms with Crippen LogP contribution in [-0.2, 0) is 11.8 Å². The molecule has 0 radical (unpaired) electrons. The number of likely N-dealkylation sites (tertiary alicyclic amines) is 1. The molecule has 4 heterocycles. The van der Waals surface area contributed by atoms with Gasteiger partial charge in [-0.25, -0.2) is 14.8 Å². The van der Waals surface area contributed by atoms with Gasteiger partial charge in [0.2, 0.25) is 0 Å². The second-order valence-electron chi connectivity index (χ2n) is 13.2. The van der Waals surface area contributed by atoms with Crippen LogP contribution in [0.2, 0.25) is 0 Å². The number of hydrogen-bond donors (Lipinski definition) is 0. The van der Waals surface area contributed by atoms with Crippen LogP contribution in [0, 0.1) is 11.3 Å². The quantitative estimate of drug-likeness (QED) is 0.241. The molecule has 1 aromatic carbocycles. The molecule has 10 heteroatoms. The average molecular weight is 622 g/mol. The van der Waals surface area contributed by atoms with E-state index in [0.717, 1.165) is 48.2 Å². The maximum Gasteiger partial charge on any atom is 0.415 e. The first-order chi connectivity index (χ1) is 21.8. The highest BCUT2D eigenvalue weighted by Crippen LogP contribution is 2.37. The smallest absolute Gasteiger partial charge is 0.415 e. The van der Waals surface area contributed by atoms with Crippen molar-refractivity contribution in [3.8, 4) is 17.2 Å². The van der Waals surface area contributed by atoms with Crippen LogP contribution in [0.25, 0.3) is 22.2 Å². The molecule has 1 atom stereocenters. The lowest BCUT2D eigenvalue weighted by molar-refractivity contribution is 0.0588. The Bertz CT molecular complexity index is 1790. The van der Waals surface area contributed by atoms with E-state index in [-0.39, 0.29) is 17.6 Å². The highest BCUT2D eigenvalue weighted by atomic mass is 16.6. The monoisotopic (exact) mass is 621 g/mol. The van der Waals surface area contributed by atoms with E-state index in [4.69, 9.17) is 9.72 Å². The van der Waals surface area contributed by atoms with Gasteiger partial charge in [-0.05, 0) is 107 Å². The molecule has 240 valence electrons. The number of aromatic nitrogens is 3. The van der Waals surface area contributed by atoms with Crippen LogP contribution >= 0.6 is 0 Å². The van der Waals surface area contributed by atoms with Crippen LogP contribution in [0.1, 0.15) is 79.8 Å². The van der Waals surface area contributed by atoms with Gasteiger partial charge in [-0.15, -0.1) is 0 Å². The van der Waals surface area contributed by atoms with Gasteiger partial charge < -0.3 is 14.2 Å². The fraction of sp³-hybridized carbons (Fsp3) is 0.417. The molecule has 1 aliphatic rings. The number of fused-ring (bicyclic) bond motifs is 1. The Morgan fingerprint density at radius 2 is 1.70 bits per heavy atom. The number of rotatable bonds is 6. The molecule has 4 aromatic rings. The van der Waals surface area contributed by atoms with E-state index in [9.17, 15) is 14.9 Å². The van der Waals surface area contributed by atoms with Crippen molar-refractivity contribution in [1.82, 2.24) is 24.3 Å². The van der Waals surface area contributed by atoms with Crippen molar-refractivity contribution in [1.29, 1.82) is 5.26 Å². The van der Waals surface area contributed by atoms with E-state index in [1.165, 1.54) is 10.5 Å². The van der Waals surface area contributed by atoms with Crippen molar-refractivity contribution < 1.29 is 14.3 Å². The predicted molar refractivity (Wildman–Crippen MR) is 180 cm³/mol. The van der Waals surface area contributed by atoms with E-state index in [1.54, 1.807) is 59.1 Å². The first-order valence-corrected chi connectivity index (χ1v) is 15.7. The number of nitriles is 1. The maximum atomic E-state index is 12.6. The van der Waals surface area contributed by atoms with Crippen molar-refractivity contribution in [3.05, 3.63) is 77.2 Å². The fourth-order valence-electron chi connectivity index (χ4n) is 6.20. The summed E-state index contributed by atoms with van der Waals surface area (Å²) in [5.74, 6) is 0.816. The number of carbonyl (C=O) groups is 2. The Balaban J connectivity index is 1.35. The second kappa shape index (κ2) is 12.9. The summed E-state index contributed by atoms with van der Waals surface area (Å²) < 4.78 is 7.61. The maximum absolute atomic E-state index is 12.6. The number of carbonyl (C=O) groups excluding carboxylic acids is 2. The molecular formula is C36H43N7O3. The van der Waals surface area contributed by atoms with E-state index in [2.05, 4.69) is 45.6 Å². The van der Waals surface area contributed by atoms with Crippen molar-refractivity contribution in [2.75, 3.05) is 39.1 Å². The molecule has 10 nitrogen and oxygen atoms in total. The Morgan fingerprint density at radius 3 is 2.30 bits per heavy atom. The Labute approximate surface area is 271 Å². The Hall–Kier alpha value is -4.75. The van der Waals surface area contributed by atoms with Crippen molar-refractivity contribution in [3.63, 3.8) is 0 Å². The normalized spacial score (nSPS) is 14.9. The largest absolute Gasteiger partial charge is 0.443 e. The SMILES string of the molecule is CC(c1cc2c(-c3ccc(N(C)C(=O)OC(C)(C)C)nc3C#N)ccnc2n1C)N1CCC(c2ccc(C(=O)N(C)C)cc2)CC1. The molecule has 1 fully saturated rings. The minimum Gasteiger partial charge on any atom is -0.443 e. The average Bonchev–Trinajstić information content (AvgIpc) is 3.39. The van der Waals surface area contributed by atoms with Gasteiger partial charge in [0.1, 0.15) is 23.1 Å². The molecule has 1 saturated heterocycles. The van der Waals surface area contributed by atoms with Crippen LogP contribution in [0.4, 0.5) is 10.6 Å². The summed E-state index contributed by atoms with van der Waals surface area (Å²) in [6.45, 7) is 9.57. The van der Waals surface area contributed by atoms with E-state index < -0.39 is 11.7 Å². The van der Waals surface area contributed by atoms with Gasteiger partial charge in [0.15, 0.2) is 5.69 Å². The van der Waals surface area contributed by atoms with Crippen LogP contribution in [0.5, 0.6) is 0 Å². The molecule has 1 aliphatic heterocycles. The highest BCUT2D eigenvalue weighted by Gasteiger charge is 2.28. The van der Waals surface area contributed by atoms with Crippen molar-refractivity contribution >= 4 is 28.9 Å². The molecule has 1 unspecified atom stereocenters. The molecule has 0 aliphatic carbocycles. The van der Waals surface area contributed by atoms with Crippen LogP contribution in [0.3, 0.4) is 0 Å². The van der Waals surface area contributed by atoms with E-state index in [1.807, 2.05) is 31.3 Å². The van der Waals surface area contributed by atoms with Gasteiger partial charge >= 0.3 is 6.09 Å². The predicted octanol–water partition coefficient (Wildman–Crippen LogP) is 6.52. The highest BCUT2D eigenvalue weighted by molar-refractivity contribution is 5.96. The molecule has 0 N–H and O–H groups in total. The lowest BCUT2D eigenvalue weighted by atomic mass is 9.88. The number of benzene rings is 1. The molecule has 0 spiro atoms. The zero-order valence-corrected chi connectivity index (χ0v) is 28.0. The van der Waals surface area contributed by atoms with Crippen LogP contribution in [-0.4, -0.2) is 76.2 Å². The summed E-state index contributed by atoms with van der Waals surface area (Å²) in [7, 11) is 7.16. The Morgan fingerprint density at radius 1 is 1.02 bits per heavy atom. The molecule has 0 saturated carbocycles. The molecule has 0 bridgehead atoms. The number of piperidine rings is 1. The summed E-state index contributed by atoms with van der Waals surface area (Å²) >= 11 is 0. The number of amides is 2. The van der Waals surface area contributed by atoms with Gasteiger partial charge in [0, 0.05) is 62.6 Å². The summed E-state index contributed by atoms with van der Waals surface area (Å²) in [6.07, 6.45) is 3.31. The number of pyridine rings is 2. The zero-order chi connectivity index (χ0) is 33.3. The van der Waals surface area contributed by atoms with E-state index in [0.29, 0.717) is 22.9 Å². The first-order valence-electron chi connectivity index (χ1n) is 15.7. The first kappa shape index (κ1) is 32.6.